The first-order valence-electron chi connectivity index (χ1n) is 6.76. The zero-order valence-electron chi connectivity index (χ0n) is 11.9. The van der Waals surface area contributed by atoms with E-state index < -0.39 is 0 Å². The van der Waals surface area contributed by atoms with Gasteiger partial charge in [0.15, 0.2) is 5.16 Å². The third-order valence-electron chi connectivity index (χ3n) is 3.70. The van der Waals surface area contributed by atoms with Crippen molar-refractivity contribution in [2.24, 2.45) is 0 Å². The van der Waals surface area contributed by atoms with Crippen LogP contribution in [0.5, 0.6) is 0 Å². The molecule has 0 spiro atoms. The standard InChI is InChI=1S/C14H17BrN2O2S2/c1-7(15)6-20-13-16-11(18)10-8-4-14(2,3)19-5-9(8)21-12(10)17-13/h8-9H,1,4-6H2,2-3H3,(H,16,17,18). The Hall–Kier alpha value is -0.240. The molecule has 4 nitrogen and oxygen atoms in total. The van der Waals surface area contributed by atoms with Crippen molar-refractivity contribution in [1.82, 2.24) is 9.97 Å². The molecule has 1 aromatic heterocycles. The van der Waals surface area contributed by atoms with Crippen LogP contribution in [-0.4, -0.2) is 33.2 Å². The number of hydrogen-bond donors (Lipinski definition) is 1. The quantitative estimate of drug-likeness (QED) is 0.487. The van der Waals surface area contributed by atoms with Gasteiger partial charge in [0.25, 0.3) is 5.56 Å². The highest BCUT2D eigenvalue weighted by molar-refractivity contribution is 9.11. The fraction of sp³-hybridized carbons (Fsp3) is 0.571. The van der Waals surface area contributed by atoms with Crippen molar-refractivity contribution in [3.63, 3.8) is 0 Å². The van der Waals surface area contributed by atoms with E-state index >= 15 is 0 Å². The van der Waals surface area contributed by atoms with Crippen LogP contribution in [0.3, 0.4) is 0 Å². The Morgan fingerprint density at radius 2 is 2.43 bits per heavy atom. The number of hydrogen-bond acceptors (Lipinski definition) is 5. The number of nitrogens with one attached hydrogen (secondary N) is 1. The van der Waals surface area contributed by atoms with E-state index in [0.717, 1.165) is 21.5 Å². The highest BCUT2D eigenvalue weighted by Gasteiger charge is 2.44. The van der Waals surface area contributed by atoms with Gasteiger partial charge in [0.2, 0.25) is 0 Å². The SMILES string of the molecule is C=C(Br)CSc1nc(=O)c2c([nH]1)SC1COC(C)(C)CC21. The maximum atomic E-state index is 12.4. The van der Waals surface area contributed by atoms with Gasteiger partial charge < -0.3 is 9.72 Å². The van der Waals surface area contributed by atoms with Gasteiger partial charge in [0.1, 0.15) is 0 Å². The Bertz CT molecular complexity index is 644. The van der Waals surface area contributed by atoms with Gasteiger partial charge in [-0.05, 0) is 24.8 Å². The minimum absolute atomic E-state index is 0.0934. The lowest BCUT2D eigenvalue weighted by Crippen LogP contribution is -2.39. The number of aromatic amines is 1. The third-order valence-corrected chi connectivity index (χ3v) is 6.64. The second kappa shape index (κ2) is 5.76. The van der Waals surface area contributed by atoms with Gasteiger partial charge in [-0.1, -0.05) is 34.3 Å². The van der Waals surface area contributed by atoms with Crippen LogP contribution in [0, 0.1) is 0 Å². The number of halogens is 1. The topological polar surface area (TPSA) is 55.0 Å². The minimum Gasteiger partial charge on any atom is -0.374 e. The maximum absolute atomic E-state index is 12.4. The fourth-order valence-corrected chi connectivity index (χ4v) is 5.16. The van der Waals surface area contributed by atoms with Gasteiger partial charge in [-0.25, -0.2) is 0 Å². The normalized spacial score (nSPS) is 26.2. The molecule has 2 unspecified atom stereocenters. The Labute approximate surface area is 140 Å². The molecule has 1 N–H and O–H groups in total. The molecule has 0 aromatic carbocycles. The van der Waals surface area contributed by atoms with Gasteiger partial charge in [0, 0.05) is 16.9 Å². The van der Waals surface area contributed by atoms with Crippen LogP contribution in [-0.2, 0) is 4.74 Å². The molecule has 0 radical (unpaired) electrons. The van der Waals surface area contributed by atoms with Crippen molar-refractivity contribution in [2.45, 2.75) is 47.2 Å². The Morgan fingerprint density at radius 1 is 1.67 bits per heavy atom. The smallest absolute Gasteiger partial charge is 0.278 e. The first kappa shape index (κ1) is 15.6. The largest absolute Gasteiger partial charge is 0.374 e. The van der Waals surface area contributed by atoms with Crippen LogP contribution >= 0.6 is 39.5 Å². The second-order valence-corrected chi connectivity index (χ2v) is 9.27. The molecule has 0 bridgehead atoms. The fourth-order valence-electron chi connectivity index (χ4n) is 2.78. The monoisotopic (exact) mass is 388 g/mol. The average Bonchev–Trinajstić information content (AvgIpc) is 2.73. The maximum Gasteiger partial charge on any atom is 0.278 e. The molecular weight excluding hydrogens is 372 g/mol. The molecule has 0 aliphatic carbocycles. The molecular formula is C14H17BrN2O2S2. The highest BCUT2D eigenvalue weighted by Crippen LogP contribution is 2.49. The first-order valence-corrected chi connectivity index (χ1v) is 9.42. The average molecular weight is 389 g/mol. The molecule has 0 amide bonds. The lowest BCUT2D eigenvalue weighted by Gasteiger charge is -2.37. The number of nitrogens with zero attached hydrogens (tertiary/aromatic N) is 1. The molecule has 3 heterocycles. The van der Waals surface area contributed by atoms with Crippen LogP contribution in [0.4, 0.5) is 0 Å². The van der Waals surface area contributed by atoms with Crippen LogP contribution in [0.2, 0.25) is 0 Å². The van der Waals surface area contributed by atoms with Crippen molar-refractivity contribution in [3.8, 4) is 0 Å². The number of H-pyrrole nitrogens is 1. The van der Waals surface area contributed by atoms with E-state index in [0.29, 0.717) is 22.8 Å². The van der Waals surface area contributed by atoms with Crippen molar-refractivity contribution in [3.05, 3.63) is 27.0 Å². The molecule has 1 aromatic rings. The molecule has 2 atom stereocenters. The summed E-state index contributed by atoms with van der Waals surface area (Å²) in [6.45, 7) is 8.65. The zero-order chi connectivity index (χ0) is 15.2. The van der Waals surface area contributed by atoms with E-state index in [1.807, 2.05) is 0 Å². The summed E-state index contributed by atoms with van der Waals surface area (Å²) in [5, 5.41) is 1.95. The second-order valence-electron chi connectivity index (χ2n) is 5.93. The van der Waals surface area contributed by atoms with Crippen molar-refractivity contribution in [1.29, 1.82) is 0 Å². The van der Waals surface area contributed by atoms with Gasteiger partial charge in [0.05, 0.1) is 22.8 Å². The molecule has 3 rings (SSSR count). The first-order chi connectivity index (χ1) is 9.85. The molecule has 114 valence electrons. The molecule has 0 saturated carbocycles. The summed E-state index contributed by atoms with van der Waals surface area (Å²) in [5.41, 5.74) is 0.587. The van der Waals surface area contributed by atoms with Gasteiger partial charge in [-0.2, -0.15) is 4.98 Å². The van der Waals surface area contributed by atoms with Crippen LogP contribution in [0.15, 0.2) is 26.0 Å². The van der Waals surface area contributed by atoms with Crippen molar-refractivity contribution in [2.75, 3.05) is 12.4 Å². The van der Waals surface area contributed by atoms with E-state index in [2.05, 4.69) is 46.3 Å². The van der Waals surface area contributed by atoms with Gasteiger partial charge in [-0.3, -0.25) is 4.79 Å². The summed E-state index contributed by atoms with van der Waals surface area (Å²) in [6, 6.07) is 0. The van der Waals surface area contributed by atoms with E-state index in [4.69, 9.17) is 4.74 Å². The van der Waals surface area contributed by atoms with E-state index in [1.165, 1.54) is 11.8 Å². The third kappa shape index (κ3) is 3.25. The molecule has 7 heteroatoms. The predicted molar refractivity (Wildman–Crippen MR) is 90.7 cm³/mol. The summed E-state index contributed by atoms with van der Waals surface area (Å²) in [6.07, 6.45) is 0.868. The van der Waals surface area contributed by atoms with E-state index in [1.54, 1.807) is 11.8 Å². The number of fused-ring (bicyclic) bond motifs is 3. The Balaban J connectivity index is 1.90. The Kier molecular flexibility index (Phi) is 4.29. The molecule has 21 heavy (non-hydrogen) atoms. The Morgan fingerprint density at radius 3 is 3.14 bits per heavy atom. The lowest BCUT2D eigenvalue weighted by molar-refractivity contribution is -0.0552. The zero-order valence-corrected chi connectivity index (χ0v) is 15.2. The summed E-state index contributed by atoms with van der Waals surface area (Å²) in [4.78, 5) is 19.9. The number of rotatable bonds is 3. The lowest BCUT2D eigenvalue weighted by atomic mass is 9.84. The summed E-state index contributed by atoms with van der Waals surface area (Å²) in [7, 11) is 0. The van der Waals surface area contributed by atoms with Crippen LogP contribution < -0.4 is 5.56 Å². The van der Waals surface area contributed by atoms with Crippen LogP contribution in [0.1, 0.15) is 31.7 Å². The summed E-state index contributed by atoms with van der Waals surface area (Å²) < 4.78 is 6.76. The molecule has 2 aliphatic rings. The number of thioether (sulfide) groups is 2. The van der Waals surface area contributed by atoms with E-state index in [-0.39, 0.29) is 17.1 Å². The highest BCUT2D eigenvalue weighted by atomic mass is 79.9. The van der Waals surface area contributed by atoms with Gasteiger partial charge >= 0.3 is 0 Å². The molecule has 1 fully saturated rings. The van der Waals surface area contributed by atoms with Crippen LogP contribution in [0.25, 0.3) is 0 Å². The van der Waals surface area contributed by atoms with Crippen molar-refractivity contribution >= 4 is 39.5 Å². The summed E-state index contributed by atoms with van der Waals surface area (Å²) >= 11 is 6.52. The minimum atomic E-state index is -0.170. The summed E-state index contributed by atoms with van der Waals surface area (Å²) in [5.74, 6) is 0.935. The molecule has 2 aliphatic heterocycles. The van der Waals surface area contributed by atoms with Crippen molar-refractivity contribution < 1.29 is 4.74 Å². The number of aromatic nitrogens is 2. The predicted octanol–water partition coefficient (Wildman–Crippen LogP) is 3.53. The van der Waals surface area contributed by atoms with Gasteiger partial charge in [-0.15, -0.1) is 11.8 Å². The molecule has 1 saturated heterocycles. The van der Waals surface area contributed by atoms with E-state index in [9.17, 15) is 4.79 Å². The number of ether oxygens (including phenoxy) is 1.